The van der Waals surface area contributed by atoms with Crippen LogP contribution in [0.4, 0.5) is 0 Å². The molecule has 1 fully saturated rings. The molecule has 10 heteroatoms. The van der Waals surface area contributed by atoms with Crippen LogP contribution in [0.25, 0.3) is 16.9 Å². The molecule has 1 heterocycles. The van der Waals surface area contributed by atoms with Crippen molar-refractivity contribution in [3.05, 3.63) is 59.3 Å². The molecular weight excluding hydrogens is 547 g/mol. The zero-order valence-corrected chi connectivity index (χ0v) is 28.4. The van der Waals surface area contributed by atoms with Gasteiger partial charge in [0, 0.05) is 70.5 Å². The third-order valence-electron chi connectivity index (χ3n) is 7.13. The number of ether oxygens (including phenoxy) is 2. The van der Waals surface area contributed by atoms with Crippen molar-refractivity contribution < 1.29 is 24.2 Å². The number of hydrogen-bond donors (Lipinski definition) is 1. The van der Waals surface area contributed by atoms with Gasteiger partial charge in [-0.3, -0.25) is 4.79 Å². The van der Waals surface area contributed by atoms with Gasteiger partial charge in [-0.2, -0.15) is 5.10 Å². The van der Waals surface area contributed by atoms with Gasteiger partial charge in [0.25, 0.3) is 5.91 Å². The fourth-order valence-corrected chi connectivity index (χ4v) is 4.68. The number of carboxylic acids is 1. The van der Waals surface area contributed by atoms with Crippen LogP contribution in [0, 0.1) is 5.92 Å². The summed E-state index contributed by atoms with van der Waals surface area (Å²) in [5.41, 5.74) is 3.25. The van der Waals surface area contributed by atoms with Crippen LogP contribution in [0.2, 0.25) is 0 Å². The summed E-state index contributed by atoms with van der Waals surface area (Å²) in [7, 11) is 7.43. The summed E-state index contributed by atoms with van der Waals surface area (Å²) in [6, 6.07) is 12.6. The molecule has 3 aromatic rings. The normalized spacial score (nSPS) is 12.8. The van der Waals surface area contributed by atoms with E-state index in [4.69, 9.17) is 9.47 Å². The first-order valence-electron chi connectivity index (χ1n) is 13.8. The van der Waals surface area contributed by atoms with Crippen molar-refractivity contribution in [3.8, 4) is 28.4 Å². The van der Waals surface area contributed by atoms with Gasteiger partial charge >= 0.3 is 5.97 Å². The Morgan fingerprint density at radius 2 is 1.78 bits per heavy atom. The third kappa shape index (κ3) is 8.21. The fourth-order valence-electron chi connectivity index (χ4n) is 4.68. The second kappa shape index (κ2) is 14.8. The topological polar surface area (TPSA) is 97.1 Å². The van der Waals surface area contributed by atoms with E-state index >= 15 is 0 Å². The molecule has 0 unspecified atom stereocenters. The molecule has 1 N–H and O–H groups in total. The fraction of sp³-hybridized carbons (Fsp3) is 0.452. The molecule has 1 aromatic heterocycles. The number of methoxy groups -OCH3 is 1. The molecule has 0 atom stereocenters. The molecule has 2 aromatic carbocycles. The van der Waals surface area contributed by atoms with Crippen LogP contribution in [0.5, 0.6) is 11.5 Å². The Morgan fingerprint density at radius 1 is 1.07 bits per heavy atom. The van der Waals surface area contributed by atoms with Gasteiger partial charge in [0.2, 0.25) is 0 Å². The Morgan fingerprint density at radius 3 is 2.39 bits per heavy atom. The van der Waals surface area contributed by atoms with Crippen LogP contribution >= 0.6 is 0 Å². The van der Waals surface area contributed by atoms with Crippen LogP contribution in [-0.2, 0) is 0 Å². The van der Waals surface area contributed by atoms with E-state index in [0.717, 1.165) is 31.4 Å². The first kappa shape index (κ1) is 33.3. The van der Waals surface area contributed by atoms with E-state index in [-0.39, 0.29) is 68.9 Å². The van der Waals surface area contributed by atoms with E-state index in [1.807, 2.05) is 65.3 Å². The number of amides is 1. The Hall–Kier alpha value is -2.21. The van der Waals surface area contributed by atoms with Crippen LogP contribution in [0.15, 0.2) is 42.5 Å². The Labute approximate surface area is 285 Å². The van der Waals surface area contributed by atoms with E-state index in [1.165, 1.54) is 0 Å². The van der Waals surface area contributed by atoms with Crippen LogP contribution < -0.4 is 9.47 Å². The van der Waals surface area contributed by atoms with Crippen LogP contribution in [-0.4, -0.2) is 136 Å². The van der Waals surface area contributed by atoms with Gasteiger partial charge in [0.1, 0.15) is 11.5 Å². The van der Waals surface area contributed by atoms with Crippen molar-refractivity contribution in [1.29, 1.82) is 0 Å². The van der Waals surface area contributed by atoms with Crippen LogP contribution in [0.3, 0.4) is 0 Å². The van der Waals surface area contributed by atoms with Crippen LogP contribution in [0.1, 0.15) is 65.4 Å². The van der Waals surface area contributed by atoms with E-state index in [2.05, 4.69) is 10.00 Å². The summed E-state index contributed by atoms with van der Waals surface area (Å²) in [6.45, 7) is 6.23. The van der Waals surface area contributed by atoms with Crippen molar-refractivity contribution in [2.75, 3.05) is 47.9 Å². The smallest absolute Gasteiger partial charge is 0.356 e. The summed E-state index contributed by atoms with van der Waals surface area (Å²) in [5, 5.41) is 14.4. The van der Waals surface area contributed by atoms with Gasteiger partial charge in [-0.1, -0.05) is 19.9 Å². The number of hydrogen-bond acceptors (Lipinski definition) is 6. The van der Waals surface area contributed by atoms with Gasteiger partial charge in [0.15, 0.2) is 5.69 Å². The van der Waals surface area contributed by atoms with Gasteiger partial charge in [-0.15, -0.1) is 0 Å². The van der Waals surface area contributed by atoms with Crippen molar-refractivity contribution in [1.82, 2.24) is 19.6 Å². The minimum absolute atomic E-state index is 0. The predicted molar refractivity (Wildman–Crippen MR) is 161 cm³/mol. The number of carbonyl (C=O) groups excluding carboxylic acids is 1. The molecule has 9 nitrogen and oxygen atoms in total. The summed E-state index contributed by atoms with van der Waals surface area (Å²) in [6.07, 6.45) is 3.17. The quantitative estimate of drug-likeness (QED) is 0.287. The second-order valence-corrected chi connectivity index (χ2v) is 11.0. The Balaban J connectivity index is 0.00000462. The van der Waals surface area contributed by atoms with E-state index in [0.29, 0.717) is 53.1 Å². The molecule has 1 saturated carbocycles. The standard InChI is InChI=1S/C31H40N4O5.K/c1-20(2)23-17-22(30(36)34(5)16-8-15-33(3)4)13-14-25(23)35-26(18-24(32-35)31(37)38)29-27(39-6)9-7-10-28(29)40-19-21-11-12-21;/h7,9-10,13-14,17-18,20-21H,8,11-12,15-16,19H2,1-6H3,(H,37,38);. The summed E-state index contributed by atoms with van der Waals surface area (Å²) < 4.78 is 13.5. The number of aromatic nitrogens is 2. The van der Waals surface area contributed by atoms with Gasteiger partial charge in [-0.25, -0.2) is 9.48 Å². The Kier molecular flexibility index (Phi) is 12.0. The molecule has 4 rings (SSSR count). The largest absolute Gasteiger partial charge is 0.496 e. The van der Waals surface area contributed by atoms with Crippen molar-refractivity contribution in [2.45, 2.75) is 39.0 Å². The van der Waals surface area contributed by atoms with Crippen molar-refractivity contribution in [2.24, 2.45) is 5.92 Å². The average molecular weight is 588 g/mol. The van der Waals surface area contributed by atoms with Gasteiger partial charge in [0.05, 0.1) is 30.7 Å². The number of carbonyl (C=O) groups is 2. The maximum atomic E-state index is 13.3. The Bertz CT molecular complexity index is 1370. The maximum Gasteiger partial charge on any atom is 0.356 e. The SMILES string of the molecule is COc1cccc(OCC2CC2)c1-c1cc(C(=O)O)nn1-c1ccc(C(=O)N(C)CCCN(C)C)cc1C(C)C.[K]. The average Bonchev–Trinajstić information content (AvgIpc) is 3.66. The summed E-state index contributed by atoms with van der Waals surface area (Å²) in [5.74, 6) is 0.560. The summed E-state index contributed by atoms with van der Waals surface area (Å²) >= 11 is 0. The molecular formula is C31H40KN4O5. The first-order chi connectivity index (χ1) is 19.1. The van der Waals surface area contributed by atoms with Gasteiger partial charge in [-0.05, 0) is 93.7 Å². The zero-order valence-electron chi connectivity index (χ0n) is 25.3. The van der Waals surface area contributed by atoms with E-state index in [1.54, 1.807) is 28.8 Å². The van der Waals surface area contributed by atoms with E-state index in [9.17, 15) is 14.7 Å². The number of aromatic carboxylic acids is 1. The molecule has 0 spiro atoms. The van der Waals surface area contributed by atoms with Gasteiger partial charge < -0.3 is 24.4 Å². The second-order valence-electron chi connectivity index (χ2n) is 11.0. The molecule has 1 aliphatic rings. The molecule has 0 saturated heterocycles. The number of nitrogens with zero attached hydrogens (tertiary/aromatic N) is 4. The van der Waals surface area contributed by atoms with Crippen molar-refractivity contribution >= 4 is 63.3 Å². The molecule has 1 radical (unpaired) electrons. The minimum Gasteiger partial charge on any atom is -0.496 e. The zero-order chi connectivity index (χ0) is 29.0. The molecule has 215 valence electrons. The van der Waals surface area contributed by atoms with Crippen molar-refractivity contribution in [3.63, 3.8) is 0 Å². The maximum absolute atomic E-state index is 13.3. The van der Waals surface area contributed by atoms with E-state index < -0.39 is 5.97 Å². The number of benzene rings is 2. The molecule has 0 bridgehead atoms. The molecule has 0 aliphatic heterocycles. The first-order valence-corrected chi connectivity index (χ1v) is 13.8. The number of rotatable bonds is 13. The third-order valence-corrected chi connectivity index (χ3v) is 7.13. The number of carboxylic acid groups (broad SMARTS) is 1. The summed E-state index contributed by atoms with van der Waals surface area (Å²) in [4.78, 5) is 29.2. The minimum atomic E-state index is -1.13. The monoisotopic (exact) mass is 587 g/mol. The molecule has 1 amide bonds. The molecule has 41 heavy (non-hydrogen) atoms. The molecule has 1 aliphatic carbocycles. The predicted octanol–water partition coefficient (Wildman–Crippen LogP) is 4.80.